The van der Waals surface area contributed by atoms with E-state index in [4.69, 9.17) is 0 Å². The Labute approximate surface area is 134 Å². The van der Waals surface area contributed by atoms with Gasteiger partial charge in [-0.05, 0) is 59.3 Å². The fraction of sp³-hybridized carbons (Fsp3) is 0.0769. The summed E-state index contributed by atoms with van der Waals surface area (Å²) in [5.41, 5.74) is 1.59. The highest BCUT2D eigenvalue weighted by atomic mass is 127. The minimum atomic E-state index is -3.54. The van der Waals surface area contributed by atoms with Crippen LogP contribution in [0.3, 0.4) is 0 Å². The van der Waals surface area contributed by atoms with Gasteiger partial charge in [-0.25, -0.2) is 8.42 Å². The van der Waals surface area contributed by atoms with Crippen molar-refractivity contribution in [2.24, 2.45) is 0 Å². The first-order valence-corrected chi connectivity index (χ1v) is 8.79. The van der Waals surface area contributed by atoms with Crippen LogP contribution < -0.4 is 4.72 Å². The molecule has 0 fully saturated rings. The largest absolute Gasteiger partial charge is 0.279 e. The van der Waals surface area contributed by atoms with Crippen LogP contribution in [0.15, 0.2) is 51.8 Å². The first-order chi connectivity index (χ1) is 8.90. The Hall–Kier alpha value is -0.600. The van der Waals surface area contributed by atoms with E-state index in [1.165, 1.54) is 0 Å². The first kappa shape index (κ1) is 14.8. The van der Waals surface area contributed by atoms with Gasteiger partial charge in [-0.2, -0.15) is 0 Å². The maximum atomic E-state index is 12.2. The maximum absolute atomic E-state index is 12.2. The molecule has 2 rings (SSSR count). The molecular weight excluding hydrogens is 441 g/mol. The van der Waals surface area contributed by atoms with Crippen LogP contribution >= 0.6 is 38.5 Å². The van der Waals surface area contributed by atoms with Crippen LogP contribution in [-0.4, -0.2) is 8.42 Å². The zero-order valence-corrected chi connectivity index (χ0v) is 14.6. The van der Waals surface area contributed by atoms with Crippen molar-refractivity contribution in [1.82, 2.24) is 0 Å². The van der Waals surface area contributed by atoms with Crippen LogP contribution in [0.5, 0.6) is 0 Å². The molecule has 0 aromatic heterocycles. The molecule has 0 bridgehead atoms. The van der Waals surface area contributed by atoms with E-state index in [0.29, 0.717) is 5.69 Å². The van der Waals surface area contributed by atoms with Crippen molar-refractivity contribution in [3.05, 3.63) is 56.1 Å². The molecule has 0 aliphatic rings. The van der Waals surface area contributed by atoms with Crippen LogP contribution in [0.2, 0.25) is 0 Å². The monoisotopic (exact) mass is 451 g/mol. The van der Waals surface area contributed by atoms with Gasteiger partial charge >= 0.3 is 0 Å². The molecule has 2 aromatic rings. The van der Waals surface area contributed by atoms with E-state index in [1.807, 2.05) is 13.0 Å². The molecule has 0 saturated heterocycles. The van der Waals surface area contributed by atoms with Crippen molar-refractivity contribution in [1.29, 1.82) is 0 Å². The predicted octanol–water partition coefficient (Wildman–Crippen LogP) is 4.16. The topological polar surface area (TPSA) is 46.2 Å². The highest BCUT2D eigenvalue weighted by Crippen LogP contribution is 2.28. The molecule has 0 aliphatic carbocycles. The Bertz CT molecular complexity index is 702. The highest BCUT2D eigenvalue weighted by molar-refractivity contribution is 14.1. The number of hydrogen-bond donors (Lipinski definition) is 1. The fourth-order valence-corrected chi connectivity index (χ4v) is 3.89. The number of sulfonamides is 1. The van der Waals surface area contributed by atoms with E-state index in [9.17, 15) is 8.42 Å². The number of aryl methyl sites for hydroxylation is 1. The normalized spacial score (nSPS) is 11.3. The molecule has 0 heterocycles. The second kappa shape index (κ2) is 5.80. The number of rotatable bonds is 3. The lowest BCUT2D eigenvalue weighted by Gasteiger charge is -2.12. The number of nitrogens with one attached hydrogen (secondary N) is 1. The lowest BCUT2D eigenvalue weighted by molar-refractivity contribution is 0.601. The van der Waals surface area contributed by atoms with E-state index in [1.54, 1.807) is 36.4 Å². The van der Waals surface area contributed by atoms with Crippen LogP contribution in [0, 0.1) is 10.5 Å². The quantitative estimate of drug-likeness (QED) is 0.712. The molecular formula is C13H11BrINO2S. The SMILES string of the molecule is Cc1cc(Br)cc(NS(=O)(=O)c2ccccc2)c1I. The molecule has 0 unspecified atom stereocenters. The minimum absolute atomic E-state index is 0.253. The molecule has 0 radical (unpaired) electrons. The Morgan fingerprint density at radius 3 is 2.42 bits per heavy atom. The molecule has 0 spiro atoms. The van der Waals surface area contributed by atoms with Crippen LogP contribution in [0.25, 0.3) is 0 Å². The predicted molar refractivity (Wildman–Crippen MR) is 88.8 cm³/mol. The Kier molecular flexibility index (Phi) is 4.52. The summed E-state index contributed by atoms with van der Waals surface area (Å²) >= 11 is 5.51. The van der Waals surface area contributed by atoms with E-state index in [0.717, 1.165) is 13.6 Å². The van der Waals surface area contributed by atoms with Gasteiger partial charge in [-0.3, -0.25) is 4.72 Å². The summed E-state index contributed by atoms with van der Waals surface area (Å²) in [6.07, 6.45) is 0. The number of benzene rings is 2. The lowest BCUT2D eigenvalue weighted by Crippen LogP contribution is -2.14. The van der Waals surface area contributed by atoms with Crippen LogP contribution in [-0.2, 0) is 10.0 Å². The molecule has 19 heavy (non-hydrogen) atoms. The number of anilines is 1. The van der Waals surface area contributed by atoms with Crippen molar-refractivity contribution < 1.29 is 8.42 Å². The summed E-state index contributed by atoms with van der Waals surface area (Å²) < 4.78 is 28.8. The molecule has 1 N–H and O–H groups in total. The first-order valence-electron chi connectivity index (χ1n) is 5.43. The fourth-order valence-electron chi connectivity index (χ4n) is 1.60. The summed E-state index contributed by atoms with van der Waals surface area (Å²) in [6, 6.07) is 12.0. The molecule has 0 saturated carbocycles. The summed E-state index contributed by atoms with van der Waals surface area (Å²) in [5, 5.41) is 0. The molecule has 6 heteroatoms. The molecule has 100 valence electrons. The van der Waals surface area contributed by atoms with Crippen molar-refractivity contribution in [2.75, 3.05) is 4.72 Å². The maximum Gasteiger partial charge on any atom is 0.261 e. The van der Waals surface area contributed by atoms with E-state index < -0.39 is 10.0 Å². The van der Waals surface area contributed by atoms with Gasteiger partial charge in [0.1, 0.15) is 0 Å². The van der Waals surface area contributed by atoms with Crippen molar-refractivity contribution in [3.63, 3.8) is 0 Å². The highest BCUT2D eigenvalue weighted by Gasteiger charge is 2.16. The lowest BCUT2D eigenvalue weighted by atomic mass is 10.2. The average molecular weight is 452 g/mol. The van der Waals surface area contributed by atoms with Gasteiger partial charge in [0.25, 0.3) is 10.0 Å². The summed E-state index contributed by atoms with van der Waals surface area (Å²) in [5.74, 6) is 0. The summed E-state index contributed by atoms with van der Waals surface area (Å²) in [6.45, 7) is 1.94. The molecule has 0 aliphatic heterocycles. The van der Waals surface area contributed by atoms with Crippen LogP contribution in [0.1, 0.15) is 5.56 Å². The zero-order valence-electron chi connectivity index (χ0n) is 10.0. The van der Waals surface area contributed by atoms with Gasteiger partial charge < -0.3 is 0 Å². The van der Waals surface area contributed by atoms with Gasteiger partial charge in [-0.15, -0.1) is 0 Å². The number of halogens is 2. The second-order valence-corrected chi connectivity index (χ2v) is 7.68. The Morgan fingerprint density at radius 2 is 1.79 bits per heavy atom. The standard InChI is InChI=1S/C13H11BrINO2S/c1-9-7-10(14)8-12(13(9)15)16-19(17,18)11-5-3-2-4-6-11/h2-8,16H,1H3. The van der Waals surface area contributed by atoms with E-state index in [-0.39, 0.29) is 4.90 Å². The van der Waals surface area contributed by atoms with Crippen molar-refractivity contribution in [3.8, 4) is 0 Å². The van der Waals surface area contributed by atoms with E-state index >= 15 is 0 Å². The molecule has 0 amide bonds. The van der Waals surface area contributed by atoms with Gasteiger partial charge in [0.05, 0.1) is 10.6 Å². The van der Waals surface area contributed by atoms with Crippen molar-refractivity contribution >= 4 is 54.2 Å². The van der Waals surface area contributed by atoms with Crippen molar-refractivity contribution in [2.45, 2.75) is 11.8 Å². The second-order valence-electron chi connectivity index (χ2n) is 4.00. The van der Waals surface area contributed by atoms with Gasteiger partial charge in [-0.1, -0.05) is 34.1 Å². The molecule has 3 nitrogen and oxygen atoms in total. The van der Waals surface area contributed by atoms with Crippen LogP contribution in [0.4, 0.5) is 5.69 Å². The zero-order chi connectivity index (χ0) is 14.0. The summed E-state index contributed by atoms with van der Waals surface area (Å²) in [4.78, 5) is 0.253. The molecule has 2 aromatic carbocycles. The summed E-state index contributed by atoms with van der Waals surface area (Å²) in [7, 11) is -3.54. The average Bonchev–Trinajstić information content (AvgIpc) is 2.36. The Morgan fingerprint density at radius 1 is 1.16 bits per heavy atom. The third-order valence-electron chi connectivity index (χ3n) is 2.52. The minimum Gasteiger partial charge on any atom is -0.279 e. The van der Waals surface area contributed by atoms with Gasteiger partial charge in [0.15, 0.2) is 0 Å². The van der Waals surface area contributed by atoms with Gasteiger partial charge in [0, 0.05) is 8.04 Å². The molecule has 0 atom stereocenters. The van der Waals surface area contributed by atoms with E-state index in [2.05, 4.69) is 43.2 Å². The van der Waals surface area contributed by atoms with Gasteiger partial charge in [0.2, 0.25) is 0 Å². The third kappa shape index (κ3) is 3.49. The third-order valence-corrected chi connectivity index (χ3v) is 5.79. The Balaban J connectivity index is 2.42. The number of hydrogen-bond acceptors (Lipinski definition) is 2. The smallest absolute Gasteiger partial charge is 0.261 e.